The minimum atomic E-state index is -0.785. The van der Waals surface area contributed by atoms with Crippen LogP contribution in [0.1, 0.15) is 21.6 Å². The van der Waals surface area contributed by atoms with Gasteiger partial charge in [0.25, 0.3) is 11.5 Å². The van der Waals surface area contributed by atoms with Gasteiger partial charge in [0.2, 0.25) is 5.69 Å². The van der Waals surface area contributed by atoms with Crippen molar-refractivity contribution in [1.82, 2.24) is 24.6 Å². The number of halogens is 1. The Morgan fingerprint density at radius 1 is 1.13 bits per heavy atom. The molecule has 0 bridgehead atoms. The van der Waals surface area contributed by atoms with Crippen LogP contribution in [-0.2, 0) is 6.54 Å². The number of carbonyl (C=O) groups is 1. The monoisotopic (exact) mass is 425 g/mol. The number of nitrogens with zero attached hydrogens (tertiary/aromatic N) is 4. The molecule has 162 valence electrons. The molecule has 9 heteroatoms. The molecule has 8 nitrogen and oxygen atoms in total. The minimum absolute atomic E-state index is 0.0267. The summed E-state index contributed by atoms with van der Waals surface area (Å²) in [6.45, 7) is 2.75. The lowest BCUT2D eigenvalue weighted by Gasteiger charge is -2.13. The van der Waals surface area contributed by atoms with Crippen LogP contribution in [0.3, 0.4) is 0 Å². The fourth-order valence-corrected chi connectivity index (χ4v) is 3.02. The lowest BCUT2D eigenvalue weighted by molar-refractivity contribution is 0.0941. The van der Waals surface area contributed by atoms with E-state index in [0.29, 0.717) is 13.1 Å². The van der Waals surface area contributed by atoms with Crippen molar-refractivity contribution in [2.75, 3.05) is 27.2 Å². The fraction of sp³-hybridized carbons (Fsp3) is 0.273. The molecule has 0 fully saturated rings. The number of nitrogens with one attached hydrogen (secondary N) is 1. The highest BCUT2D eigenvalue weighted by molar-refractivity contribution is 5.91. The van der Waals surface area contributed by atoms with Gasteiger partial charge >= 0.3 is 5.69 Å². The Balaban J connectivity index is 2.10. The molecule has 0 atom stereocenters. The maximum absolute atomic E-state index is 13.4. The highest BCUT2D eigenvalue weighted by atomic mass is 19.1. The Labute approximate surface area is 178 Å². The summed E-state index contributed by atoms with van der Waals surface area (Å²) in [7, 11) is 3.71. The molecule has 1 amide bonds. The summed E-state index contributed by atoms with van der Waals surface area (Å²) >= 11 is 0. The van der Waals surface area contributed by atoms with E-state index >= 15 is 0 Å². The summed E-state index contributed by atoms with van der Waals surface area (Å²) in [6, 6.07) is 12.4. The van der Waals surface area contributed by atoms with E-state index in [1.165, 1.54) is 24.3 Å². The van der Waals surface area contributed by atoms with Crippen molar-refractivity contribution in [1.29, 1.82) is 0 Å². The van der Waals surface area contributed by atoms with Crippen LogP contribution >= 0.6 is 0 Å². The van der Waals surface area contributed by atoms with Crippen LogP contribution in [-0.4, -0.2) is 52.3 Å². The van der Waals surface area contributed by atoms with Crippen LogP contribution < -0.4 is 16.6 Å². The van der Waals surface area contributed by atoms with Gasteiger partial charge in [-0.1, -0.05) is 29.8 Å². The molecule has 0 aliphatic rings. The second kappa shape index (κ2) is 9.48. The molecule has 1 N–H and O–H groups in total. The summed E-state index contributed by atoms with van der Waals surface area (Å²) in [4.78, 5) is 40.6. The molecule has 0 spiro atoms. The maximum Gasteiger partial charge on any atom is 0.352 e. The van der Waals surface area contributed by atoms with Crippen LogP contribution in [0.25, 0.3) is 5.69 Å². The first-order valence-electron chi connectivity index (χ1n) is 9.75. The molecule has 0 saturated carbocycles. The Hall–Kier alpha value is -3.59. The molecule has 0 aliphatic heterocycles. The number of aromatic nitrogens is 3. The maximum atomic E-state index is 13.4. The van der Waals surface area contributed by atoms with Gasteiger partial charge in [-0.25, -0.2) is 9.18 Å². The molecular weight excluding hydrogens is 401 g/mol. The Morgan fingerprint density at radius 3 is 2.48 bits per heavy atom. The van der Waals surface area contributed by atoms with Crippen molar-refractivity contribution in [3.05, 3.63) is 92.0 Å². The predicted molar refractivity (Wildman–Crippen MR) is 115 cm³/mol. The third-order valence-electron chi connectivity index (χ3n) is 4.61. The largest absolute Gasteiger partial charge is 0.352 e. The van der Waals surface area contributed by atoms with Crippen molar-refractivity contribution in [3.8, 4) is 5.69 Å². The lowest BCUT2D eigenvalue weighted by Crippen LogP contribution is -2.46. The molecule has 0 saturated heterocycles. The second-order valence-corrected chi connectivity index (χ2v) is 7.46. The first kappa shape index (κ1) is 22.1. The third kappa shape index (κ3) is 5.32. The SMILES string of the molecule is Cc1cccc(Cn2c(=O)c(C(=O)NCCN(C)C)nn(-c3ccc(F)cc3)c2=O)c1. The standard InChI is InChI=1S/C22H24FN5O3/c1-15-5-4-6-16(13-15)14-27-21(30)19(20(29)24-11-12-26(2)3)25-28(22(27)31)18-9-7-17(23)8-10-18/h4-10,13H,11-12,14H2,1-3H3,(H,24,29). The number of hydrogen-bond donors (Lipinski definition) is 1. The normalized spacial score (nSPS) is 11.0. The van der Waals surface area contributed by atoms with E-state index in [1.807, 2.05) is 44.1 Å². The van der Waals surface area contributed by atoms with Crippen molar-refractivity contribution in [2.45, 2.75) is 13.5 Å². The minimum Gasteiger partial charge on any atom is -0.349 e. The van der Waals surface area contributed by atoms with Crippen LogP contribution in [0.2, 0.25) is 0 Å². The Morgan fingerprint density at radius 2 is 1.84 bits per heavy atom. The van der Waals surface area contributed by atoms with Crippen LogP contribution in [0, 0.1) is 12.7 Å². The van der Waals surface area contributed by atoms with E-state index < -0.39 is 28.7 Å². The van der Waals surface area contributed by atoms with E-state index in [-0.39, 0.29) is 12.2 Å². The molecule has 1 heterocycles. The van der Waals surface area contributed by atoms with E-state index in [0.717, 1.165) is 20.4 Å². The molecule has 0 aliphatic carbocycles. The van der Waals surface area contributed by atoms with Gasteiger partial charge in [-0.05, 0) is 50.8 Å². The third-order valence-corrected chi connectivity index (χ3v) is 4.61. The number of hydrogen-bond acceptors (Lipinski definition) is 5. The van der Waals surface area contributed by atoms with Crippen molar-refractivity contribution >= 4 is 5.91 Å². The van der Waals surface area contributed by atoms with Gasteiger partial charge in [-0.2, -0.15) is 9.78 Å². The van der Waals surface area contributed by atoms with Gasteiger partial charge in [0, 0.05) is 13.1 Å². The smallest absolute Gasteiger partial charge is 0.349 e. The summed E-state index contributed by atoms with van der Waals surface area (Å²) < 4.78 is 15.3. The summed E-state index contributed by atoms with van der Waals surface area (Å²) in [5.74, 6) is -1.16. The molecule has 1 aromatic heterocycles. The van der Waals surface area contributed by atoms with E-state index in [4.69, 9.17) is 0 Å². The lowest BCUT2D eigenvalue weighted by atomic mass is 10.1. The Bertz CT molecular complexity index is 1200. The molecule has 2 aromatic carbocycles. The van der Waals surface area contributed by atoms with Crippen molar-refractivity contribution < 1.29 is 9.18 Å². The number of amides is 1. The number of carbonyl (C=O) groups excluding carboxylic acids is 1. The van der Waals surface area contributed by atoms with Gasteiger partial charge < -0.3 is 10.2 Å². The van der Waals surface area contributed by atoms with Gasteiger partial charge in [0.15, 0.2) is 0 Å². The molecule has 3 aromatic rings. The summed E-state index contributed by atoms with van der Waals surface area (Å²) in [6.07, 6.45) is 0. The van der Waals surface area contributed by atoms with Gasteiger partial charge in [0.05, 0.1) is 12.2 Å². The van der Waals surface area contributed by atoms with Crippen molar-refractivity contribution in [2.24, 2.45) is 0 Å². The van der Waals surface area contributed by atoms with Crippen LogP contribution in [0.4, 0.5) is 4.39 Å². The zero-order chi connectivity index (χ0) is 22.5. The van der Waals surface area contributed by atoms with Gasteiger partial charge in [0.1, 0.15) is 5.82 Å². The van der Waals surface area contributed by atoms with E-state index in [2.05, 4.69) is 10.4 Å². The van der Waals surface area contributed by atoms with Crippen LogP contribution in [0.15, 0.2) is 58.1 Å². The summed E-state index contributed by atoms with van der Waals surface area (Å²) in [5, 5.41) is 6.66. The fourth-order valence-electron chi connectivity index (χ4n) is 3.02. The number of likely N-dealkylation sites (N-methyl/N-ethyl adjacent to an activating group) is 1. The van der Waals surface area contributed by atoms with Gasteiger partial charge in [-0.15, -0.1) is 0 Å². The average molecular weight is 425 g/mol. The average Bonchev–Trinajstić information content (AvgIpc) is 2.72. The first-order chi connectivity index (χ1) is 14.8. The van der Waals surface area contributed by atoms with E-state index in [1.54, 1.807) is 6.07 Å². The first-order valence-corrected chi connectivity index (χ1v) is 9.75. The highest BCUT2D eigenvalue weighted by Gasteiger charge is 2.20. The molecule has 0 radical (unpaired) electrons. The van der Waals surface area contributed by atoms with E-state index in [9.17, 15) is 18.8 Å². The molecule has 0 unspecified atom stereocenters. The topological polar surface area (TPSA) is 89.2 Å². The molecule has 3 rings (SSSR count). The highest BCUT2D eigenvalue weighted by Crippen LogP contribution is 2.07. The zero-order valence-electron chi connectivity index (χ0n) is 17.6. The summed E-state index contributed by atoms with van der Waals surface area (Å²) in [5.41, 5.74) is 0.0346. The Kier molecular flexibility index (Phi) is 6.76. The molecular formula is C22H24FN5O3. The zero-order valence-corrected chi connectivity index (χ0v) is 17.6. The quantitative estimate of drug-likeness (QED) is 0.614. The number of benzene rings is 2. The van der Waals surface area contributed by atoms with Gasteiger partial charge in [-0.3, -0.25) is 14.2 Å². The molecule has 31 heavy (non-hydrogen) atoms. The number of rotatable bonds is 7. The number of aryl methyl sites for hydroxylation is 1. The second-order valence-electron chi connectivity index (χ2n) is 7.46. The van der Waals surface area contributed by atoms with Crippen LogP contribution in [0.5, 0.6) is 0 Å². The predicted octanol–water partition coefficient (Wildman–Crippen LogP) is 1.18. The van der Waals surface area contributed by atoms with Crippen molar-refractivity contribution in [3.63, 3.8) is 0 Å².